The van der Waals surface area contributed by atoms with E-state index >= 15 is 0 Å². The molecule has 0 aromatic heterocycles. The van der Waals surface area contributed by atoms with Crippen molar-refractivity contribution in [3.8, 4) is 11.5 Å². The second-order valence-electron chi connectivity index (χ2n) is 8.03. The molecule has 0 spiro atoms. The minimum absolute atomic E-state index is 0.0160. The largest absolute Gasteiger partial charge is 0.493 e. The number of fused-ring (bicyclic) bond motifs is 1. The lowest BCUT2D eigenvalue weighted by molar-refractivity contribution is -0.118. The number of halogens is 3. The molecule has 0 saturated heterocycles. The number of nitrogens with zero attached hydrogens (tertiary/aromatic N) is 1. The number of amides is 1. The van der Waals surface area contributed by atoms with E-state index < -0.39 is 6.04 Å². The molecule has 3 aromatic rings. The van der Waals surface area contributed by atoms with Crippen molar-refractivity contribution in [3.05, 3.63) is 86.4 Å². The molecule has 4 rings (SSSR count). The Hall–Kier alpha value is -2.40. The summed E-state index contributed by atoms with van der Waals surface area (Å²) >= 11 is 18.6. The van der Waals surface area contributed by atoms with Crippen molar-refractivity contribution >= 4 is 46.4 Å². The number of rotatable bonds is 6. The van der Waals surface area contributed by atoms with Gasteiger partial charge in [0, 0.05) is 10.7 Å². The van der Waals surface area contributed by atoms with Crippen LogP contribution in [-0.2, 0) is 11.2 Å². The van der Waals surface area contributed by atoms with Gasteiger partial charge in [0.15, 0.2) is 11.5 Å². The molecule has 0 aliphatic carbocycles. The quantitative estimate of drug-likeness (QED) is 0.348. The zero-order valence-electron chi connectivity index (χ0n) is 18.6. The number of benzene rings is 3. The molecule has 172 valence electrons. The van der Waals surface area contributed by atoms with Crippen molar-refractivity contribution in [1.29, 1.82) is 0 Å². The number of anilines is 1. The first kappa shape index (κ1) is 23.7. The fourth-order valence-corrected chi connectivity index (χ4v) is 4.43. The van der Waals surface area contributed by atoms with Crippen LogP contribution in [0.3, 0.4) is 0 Å². The van der Waals surface area contributed by atoms with Gasteiger partial charge in [0.2, 0.25) is 5.91 Å². The molecule has 33 heavy (non-hydrogen) atoms. The summed E-state index contributed by atoms with van der Waals surface area (Å²) in [5.41, 5.74) is 3.44. The average molecular weight is 505 g/mol. The predicted molar refractivity (Wildman–Crippen MR) is 134 cm³/mol. The summed E-state index contributed by atoms with van der Waals surface area (Å²) in [6.07, 6.45) is 1.09. The molecule has 0 saturated carbocycles. The van der Waals surface area contributed by atoms with Gasteiger partial charge >= 0.3 is 0 Å². The maximum Gasteiger partial charge on any atom is 0.232 e. The third kappa shape index (κ3) is 4.79. The third-order valence-electron chi connectivity index (χ3n) is 5.86. The maximum atomic E-state index is 13.5. The van der Waals surface area contributed by atoms with Crippen molar-refractivity contribution in [2.45, 2.75) is 38.8 Å². The van der Waals surface area contributed by atoms with Crippen molar-refractivity contribution in [3.63, 3.8) is 0 Å². The van der Waals surface area contributed by atoms with Gasteiger partial charge in [-0.05, 0) is 72.5 Å². The normalized spacial score (nSPS) is 16.4. The highest BCUT2D eigenvalue weighted by molar-refractivity contribution is 6.42. The Morgan fingerprint density at radius 3 is 2.36 bits per heavy atom. The van der Waals surface area contributed by atoms with Crippen LogP contribution in [0.1, 0.15) is 43.0 Å². The number of carbonyl (C=O) groups excluding carboxylic acids is 1. The molecule has 0 bridgehead atoms. The van der Waals surface area contributed by atoms with E-state index in [1.807, 2.05) is 43.3 Å². The van der Waals surface area contributed by atoms with Crippen LogP contribution in [0, 0.1) is 0 Å². The molecule has 0 N–H and O–H groups in total. The van der Waals surface area contributed by atoms with E-state index in [1.165, 1.54) is 0 Å². The van der Waals surface area contributed by atoms with Crippen LogP contribution in [0.25, 0.3) is 0 Å². The van der Waals surface area contributed by atoms with Gasteiger partial charge in [0.05, 0.1) is 35.7 Å². The fourth-order valence-electron chi connectivity index (χ4n) is 4.01. The van der Waals surface area contributed by atoms with Crippen molar-refractivity contribution in [2.75, 3.05) is 12.0 Å². The molecule has 3 aromatic carbocycles. The number of methoxy groups -OCH3 is 1. The lowest BCUT2D eigenvalue weighted by Gasteiger charge is -2.38. The van der Waals surface area contributed by atoms with Gasteiger partial charge in [-0.15, -0.1) is 0 Å². The zero-order valence-corrected chi connectivity index (χ0v) is 20.8. The third-order valence-corrected chi connectivity index (χ3v) is 6.85. The highest BCUT2D eigenvalue weighted by Crippen LogP contribution is 2.44. The second-order valence-corrected chi connectivity index (χ2v) is 9.28. The number of ether oxygens (including phenoxy) is 2. The molecule has 2 atom stereocenters. The zero-order chi connectivity index (χ0) is 23.7. The molecule has 1 heterocycles. The molecular formula is C26H24Cl3NO3. The lowest BCUT2D eigenvalue weighted by Crippen LogP contribution is -2.41. The van der Waals surface area contributed by atoms with E-state index in [-0.39, 0.29) is 18.4 Å². The van der Waals surface area contributed by atoms with E-state index in [0.717, 1.165) is 23.1 Å². The molecule has 7 heteroatoms. The van der Waals surface area contributed by atoms with Gasteiger partial charge in [-0.2, -0.15) is 0 Å². The monoisotopic (exact) mass is 503 g/mol. The van der Waals surface area contributed by atoms with Crippen LogP contribution < -0.4 is 14.4 Å². The van der Waals surface area contributed by atoms with Crippen LogP contribution in [0.4, 0.5) is 5.69 Å². The highest BCUT2D eigenvalue weighted by atomic mass is 35.5. The first-order valence-electron chi connectivity index (χ1n) is 10.7. The van der Waals surface area contributed by atoms with Crippen LogP contribution in [0.15, 0.2) is 54.6 Å². The molecule has 1 amide bonds. The van der Waals surface area contributed by atoms with Crippen LogP contribution >= 0.6 is 34.8 Å². The van der Waals surface area contributed by atoms with Gasteiger partial charge in [-0.25, -0.2) is 0 Å². The summed E-state index contributed by atoms with van der Waals surface area (Å²) in [4.78, 5) is 15.2. The lowest BCUT2D eigenvalue weighted by atomic mass is 9.87. The first-order chi connectivity index (χ1) is 15.8. The first-order valence-corrected chi connectivity index (χ1v) is 11.9. The van der Waals surface area contributed by atoms with Gasteiger partial charge in [-0.1, -0.05) is 53.9 Å². The number of carbonyl (C=O) groups is 1. The molecule has 4 nitrogen and oxygen atoms in total. The summed E-state index contributed by atoms with van der Waals surface area (Å²) in [5, 5.41) is 1.44. The summed E-state index contributed by atoms with van der Waals surface area (Å²) in [5.74, 6) is 1.20. The molecule has 2 unspecified atom stereocenters. The molecule has 1 aliphatic rings. The van der Waals surface area contributed by atoms with E-state index in [4.69, 9.17) is 44.3 Å². The molecular weight excluding hydrogens is 481 g/mol. The summed E-state index contributed by atoms with van der Waals surface area (Å²) in [6.45, 7) is 4.08. The summed E-state index contributed by atoms with van der Waals surface area (Å²) in [7, 11) is 1.61. The van der Waals surface area contributed by atoms with Gasteiger partial charge < -0.3 is 14.4 Å². The van der Waals surface area contributed by atoms with Crippen LogP contribution in [0.2, 0.25) is 15.1 Å². The van der Waals surface area contributed by atoms with Gasteiger partial charge in [0.1, 0.15) is 0 Å². The fraction of sp³-hybridized carbons (Fsp3) is 0.269. The van der Waals surface area contributed by atoms with Crippen LogP contribution in [0.5, 0.6) is 11.5 Å². The Kier molecular flexibility index (Phi) is 7.08. The minimum atomic E-state index is -0.402. The SMILES string of the molecule is CCC(C)Oc1cc2c(cc1OC)CC(=O)N(c1ccc(Cl)c(Cl)c1)C2c1ccc(Cl)cc1. The Labute approximate surface area is 209 Å². The number of hydrogen-bond donors (Lipinski definition) is 0. The Bertz CT molecular complexity index is 1180. The Balaban J connectivity index is 1.92. The van der Waals surface area contributed by atoms with Crippen molar-refractivity contribution in [1.82, 2.24) is 0 Å². The second kappa shape index (κ2) is 9.84. The summed E-state index contributed by atoms with van der Waals surface area (Å²) < 4.78 is 11.8. The Morgan fingerprint density at radius 2 is 1.73 bits per heavy atom. The molecule has 1 aliphatic heterocycles. The van der Waals surface area contributed by atoms with Crippen LogP contribution in [-0.4, -0.2) is 19.1 Å². The number of hydrogen-bond acceptors (Lipinski definition) is 3. The predicted octanol–water partition coefficient (Wildman–Crippen LogP) is 7.51. The van der Waals surface area contributed by atoms with Crippen molar-refractivity contribution in [2.24, 2.45) is 0 Å². The molecule has 0 fully saturated rings. The standard InChI is InChI=1S/C26H24Cl3NO3/c1-4-15(2)33-24-14-20-17(11-23(24)32-3)12-25(31)30(19-9-10-21(28)22(29)13-19)26(20)16-5-7-18(27)8-6-16/h5-11,13-15,26H,4,12H2,1-3H3. The smallest absolute Gasteiger partial charge is 0.232 e. The van der Waals surface area contributed by atoms with E-state index in [9.17, 15) is 4.79 Å². The molecule has 0 radical (unpaired) electrons. The Morgan fingerprint density at radius 1 is 1.00 bits per heavy atom. The van der Waals surface area contributed by atoms with E-state index in [0.29, 0.717) is 32.3 Å². The van der Waals surface area contributed by atoms with Gasteiger partial charge in [-0.3, -0.25) is 4.79 Å². The average Bonchev–Trinajstić information content (AvgIpc) is 2.80. The summed E-state index contributed by atoms with van der Waals surface area (Å²) in [6, 6.07) is 16.2. The maximum absolute atomic E-state index is 13.5. The highest BCUT2D eigenvalue weighted by Gasteiger charge is 2.36. The van der Waals surface area contributed by atoms with Crippen molar-refractivity contribution < 1.29 is 14.3 Å². The van der Waals surface area contributed by atoms with E-state index in [1.54, 1.807) is 30.2 Å². The van der Waals surface area contributed by atoms with E-state index in [2.05, 4.69) is 6.92 Å². The van der Waals surface area contributed by atoms with Gasteiger partial charge in [0.25, 0.3) is 0 Å². The minimum Gasteiger partial charge on any atom is -0.493 e. The topological polar surface area (TPSA) is 38.8 Å².